The largest absolute Gasteiger partial charge is 0.383 e. The van der Waals surface area contributed by atoms with E-state index in [4.69, 9.17) is 0 Å². The van der Waals surface area contributed by atoms with Crippen LogP contribution < -0.4 is 5.32 Å². The summed E-state index contributed by atoms with van der Waals surface area (Å²) in [5.74, 6) is 0. The van der Waals surface area contributed by atoms with E-state index in [1.807, 2.05) is 0 Å². The molecule has 1 aromatic rings. The molecule has 17 heavy (non-hydrogen) atoms. The molecular weight excluding hydrogens is 208 g/mol. The fourth-order valence-electron chi connectivity index (χ4n) is 2.48. The van der Waals surface area contributed by atoms with Gasteiger partial charge < -0.3 is 5.32 Å². The molecule has 1 atom stereocenters. The van der Waals surface area contributed by atoms with Gasteiger partial charge in [0.15, 0.2) is 0 Å². The Bertz CT molecular complexity index is 345. The molecule has 2 rings (SSSR count). The van der Waals surface area contributed by atoms with Crippen molar-refractivity contribution in [1.29, 1.82) is 0 Å². The molecule has 0 amide bonds. The summed E-state index contributed by atoms with van der Waals surface area (Å²) in [7, 11) is 0. The number of nitrogens with zero attached hydrogens (tertiary/aromatic N) is 1. The second kappa shape index (κ2) is 5.09. The van der Waals surface area contributed by atoms with Gasteiger partial charge in [0.2, 0.25) is 0 Å². The Morgan fingerprint density at radius 2 is 2.00 bits per heavy atom. The fraction of sp³-hybridized carbons (Fsp3) is 0.600. The summed E-state index contributed by atoms with van der Waals surface area (Å²) in [6.07, 6.45) is 1.32. The van der Waals surface area contributed by atoms with Crippen molar-refractivity contribution in [2.24, 2.45) is 5.41 Å². The van der Waals surface area contributed by atoms with Crippen LogP contribution in [0.1, 0.15) is 27.2 Å². The number of para-hydroxylation sites is 1. The van der Waals surface area contributed by atoms with Crippen molar-refractivity contribution in [3.8, 4) is 0 Å². The van der Waals surface area contributed by atoms with Gasteiger partial charge in [-0.3, -0.25) is 4.90 Å². The number of nitrogens with one attached hydrogen (secondary N) is 1. The maximum atomic E-state index is 3.51. The van der Waals surface area contributed by atoms with E-state index < -0.39 is 0 Å². The standard InChI is InChI=1S/C15H24N2/c1-13(17-10-9-15(2,3)12-17)11-16-14-7-5-4-6-8-14/h4-8,13,16H,9-12H2,1-3H3. The monoisotopic (exact) mass is 232 g/mol. The Morgan fingerprint density at radius 1 is 1.29 bits per heavy atom. The van der Waals surface area contributed by atoms with Crippen LogP contribution in [0, 0.1) is 5.41 Å². The molecular formula is C15H24N2. The topological polar surface area (TPSA) is 15.3 Å². The summed E-state index contributed by atoms with van der Waals surface area (Å²) in [6, 6.07) is 11.1. The smallest absolute Gasteiger partial charge is 0.0340 e. The highest BCUT2D eigenvalue weighted by molar-refractivity contribution is 5.42. The first-order valence-corrected chi connectivity index (χ1v) is 6.60. The van der Waals surface area contributed by atoms with E-state index in [2.05, 4.69) is 61.3 Å². The summed E-state index contributed by atoms with van der Waals surface area (Å²) in [5.41, 5.74) is 1.72. The minimum atomic E-state index is 0.501. The molecule has 1 fully saturated rings. The Kier molecular flexibility index (Phi) is 3.72. The van der Waals surface area contributed by atoms with Crippen molar-refractivity contribution in [2.75, 3.05) is 25.0 Å². The van der Waals surface area contributed by atoms with E-state index in [1.165, 1.54) is 25.2 Å². The van der Waals surface area contributed by atoms with Crippen LogP contribution in [0.5, 0.6) is 0 Å². The Hall–Kier alpha value is -1.02. The van der Waals surface area contributed by atoms with Crippen LogP contribution in [-0.4, -0.2) is 30.6 Å². The molecule has 1 N–H and O–H groups in total. The van der Waals surface area contributed by atoms with Crippen LogP contribution in [0.3, 0.4) is 0 Å². The summed E-state index contributed by atoms with van der Waals surface area (Å²) < 4.78 is 0. The van der Waals surface area contributed by atoms with Crippen LogP contribution in [0.2, 0.25) is 0 Å². The molecule has 1 aliphatic heterocycles. The predicted octanol–water partition coefficient (Wildman–Crippen LogP) is 3.22. The molecule has 1 aliphatic rings. The number of hydrogen-bond acceptors (Lipinski definition) is 2. The minimum Gasteiger partial charge on any atom is -0.383 e. The van der Waals surface area contributed by atoms with Crippen molar-refractivity contribution in [2.45, 2.75) is 33.2 Å². The molecule has 1 aromatic carbocycles. The van der Waals surface area contributed by atoms with E-state index in [0.29, 0.717) is 11.5 Å². The molecule has 1 heterocycles. The van der Waals surface area contributed by atoms with Gasteiger partial charge in [-0.15, -0.1) is 0 Å². The van der Waals surface area contributed by atoms with Crippen LogP contribution in [0.4, 0.5) is 5.69 Å². The van der Waals surface area contributed by atoms with E-state index in [9.17, 15) is 0 Å². The Morgan fingerprint density at radius 3 is 2.59 bits per heavy atom. The SMILES string of the molecule is CC(CNc1ccccc1)N1CCC(C)(C)C1. The molecule has 1 unspecified atom stereocenters. The molecule has 0 spiro atoms. The molecule has 0 saturated carbocycles. The summed E-state index contributed by atoms with van der Waals surface area (Å²) in [4.78, 5) is 2.59. The molecule has 0 aliphatic carbocycles. The number of rotatable bonds is 4. The lowest BCUT2D eigenvalue weighted by atomic mass is 9.93. The Labute approximate surface area is 105 Å². The molecule has 0 aromatic heterocycles. The van der Waals surface area contributed by atoms with Gasteiger partial charge in [-0.05, 0) is 37.4 Å². The number of anilines is 1. The third kappa shape index (κ3) is 3.47. The quantitative estimate of drug-likeness (QED) is 0.857. The average molecular weight is 232 g/mol. The van der Waals surface area contributed by atoms with E-state index in [1.54, 1.807) is 0 Å². The molecule has 0 bridgehead atoms. The van der Waals surface area contributed by atoms with Gasteiger partial charge in [-0.25, -0.2) is 0 Å². The van der Waals surface area contributed by atoms with Gasteiger partial charge in [0.25, 0.3) is 0 Å². The maximum Gasteiger partial charge on any atom is 0.0340 e. The zero-order valence-corrected chi connectivity index (χ0v) is 11.2. The second-order valence-electron chi connectivity index (χ2n) is 5.98. The Balaban J connectivity index is 1.80. The number of benzene rings is 1. The van der Waals surface area contributed by atoms with Crippen molar-refractivity contribution in [3.05, 3.63) is 30.3 Å². The van der Waals surface area contributed by atoms with E-state index in [0.717, 1.165) is 6.54 Å². The van der Waals surface area contributed by atoms with Gasteiger partial charge in [-0.1, -0.05) is 32.0 Å². The normalized spacial score (nSPS) is 21.4. The highest BCUT2D eigenvalue weighted by Crippen LogP contribution is 2.29. The maximum absolute atomic E-state index is 3.51. The average Bonchev–Trinajstić information content (AvgIpc) is 2.68. The van der Waals surface area contributed by atoms with Crippen molar-refractivity contribution in [3.63, 3.8) is 0 Å². The third-order valence-corrected chi connectivity index (χ3v) is 3.71. The second-order valence-corrected chi connectivity index (χ2v) is 5.98. The third-order valence-electron chi connectivity index (χ3n) is 3.71. The van der Waals surface area contributed by atoms with Gasteiger partial charge in [-0.2, -0.15) is 0 Å². The van der Waals surface area contributed by atoms with Gasteiger partial charge >= 0.3 is 0 Å². The molecule has 2 heteroatoms. The van der Waals surface area contributed by atoms with Crippen LogP contribution in [-0.2, 0) is 0 Å². The fourth-order valence-corrected chi connectivity index (χ4v) is 2.48. The van der Waals surface area contributed by atoms with Crippen LogP contribution >= 0.6 is 0 Å². The van der Waals surface area contributed by atoms with E-state index in [-0.39, 0.29) is 0 Å². The van der Waals surface area contributed by atoms with Crippen LogP contribution in [0.25, 0.3) is 0 Å². The first-order chi connectivity index (χ1) is 8.07. The van der Waals surface area contributed by atoms with Gasteiger partial charge in [0, 0.05) is 24.8 Å². The lowest BCUT2D eigenvalue weighted by Crippen LogP contribution is -2.37. The number of hydrogen-bond donors (Lipinski definition) is 1. The first-order valence-electron chi connectivity index (χ1n) is 6.60. The minimum absolute atomic E-state index is 0.501. The van der Waals surface area contributed by atoms with Crippen LogP contribution in [0.15, 0.2) is 30.3 Å². The summed E-state index contributed by atoms with van der Waals surface area (Å²) in [5, 5.41) is 3.51. The number of likely N-dealkylation sites (tertiary alicyclic amines) is 1. The predicted molar refractivity (Wildman–Crippen MR) is 74.4 cm³/mol. The van der Waals surface area contributed by atoms with Crippen molar-refractivity contribution in [1.82, 2.24) is 4.90 Å². The lowest BCUT2D eigenvalue weighted by molar-refractivity contribution is 0.238. The first kappa shape index (κ1) is 12.4. The zero-order chi connectivity index (χ0) is 12.3. The van der Waals surface area contributed by atoms with Crippen molar-refractivity contribution < 1.29 is 0 Å². The molecule has 1 saturated heterocycles. The molecule has 0 radical (unpaired) electrons. The van der Waals surface area contributed by atoms with Gasteiger partial charge in [0.1, 0.15) is 0 Å². The highest BCUT2D eigenvalue weighted by atomic mass is 15.2. The lowest BCUT2D eigenvalue weighted by Gasteiger charge is -2.26. The summed E-state index contributed by atoms with van der Waals surface area (Å²) >= 11 is 0. The molecule has 94 valence electrons. The van der Waals surface area contributed by atoms with E-state index >= 15 is 0 Å². The zero-order valence-electron chi connectivity index (χ0n) is 11.2. The molecule has 2 nitrogen and oxygen atoms in total. The highest BCUT2D eigenvalue weighted by Gasteiger charge is 2.31. The summed E-state index contributed by atoms with van der Waals surface area (Å²) in [6.45, 7) is 10.5. The van der Waals surface area contributed by atoms with Crippen molar-refractivity contribution >= 4 is 5.69 Å². The van der Waals surface area contributed by atoms with Gasteiger partial charge in [0.05, 0.1) is 0 Å².